The van der Waals surface area contributed by atoms with Crippen molar-refractivity contribution in [1.29, 1.82) is 0 Å². The molecule has 25 heavy (non-hydrogen) atoms. The first kappa shape index (κ1) is 17.2. The fourth-order valence-electron chi connectivity index (χ4n) is 2.79. The first-order valence-electron chi connectivity index (χ1n) is 8.90. The minimum atomic E-state index is 0.703. The van der Waals surface area contributed by atoms with Gasteiger partial charge in [0.1, 0.15) is 5.75 Å². The molecule has 0 aliphatic carbocycles. The summed E-state index contributed by atoms with van der Waals surface area (Å²) in [6, 6.07) is 29.4. The third kappa shape index (κ3) is 6.09. The maximum atomic E-state index is 5.90. The molecular formula is C23H25NO. The summed E-state index contributed by atoms with van der Waals surface area (Å²) in [5.74, 6) is 0.943. The summed E-state index contributed by atoms with van der Waals surface area (Å²) in [7, 11) is 0. The Hall–Kier alpha value is -2.58. The molecule has 0 aliphatic heterocycles. The predicted octanol–water partition coefficient (Wildman–Crippen LogP) is 4.64. The van der Waals surface area contributed by atoms with Crippen molar-refractivity contribution in [2.75, 3.05) is 13.2 Å². The molecule has 0 bridgehead atoms. The van der Waals surface area contributed by atoms with Crippen LogP contribution in [0.2, 0.25) is 0 Å². The molecule has 0 saturated carbocycles. The highest BCUT2D eigenvalue weighted by Crippen LogP contribution is 2.14. The van der Waals surface area contributed by atoms with Crippen LogP contribution in [0.4, 0.5) is 0 Å². The minimum Gasteiger partial charge on any atom is -0.493 e. The van der Waals surface area contributed by atoms with Crippen LogP contribution >= 0.6 is 0 Å². The van der Waals surface area contributed by atoms with Crippen LogP contribution < -0.4 is 10.1 Å². The highest BCUT2D eigenvalue weighted by molar-refractivity contribution is 5.28. The van der Waals surface area contributed by atoms with Crippen molar-refractivity contribution < 1.29 is 4.74 Å². The second kappa shape index (κ2) is 9.65. The zero-order valence-corrected chi connectivity index (χ0v) is 14.5. The van der Waals surface area contributed by atoms with Crippen molar-refractivity contribution in [1.82, 2.24) is 5.32 Å². The number of hydrogen-bond donors (Lipinski definition) is 1. The smallest absolute Gasteiger partial charge is 0.119 e. The summed E-state index contributed by atoms with van der Waals surface area (Å²) in [5.41, 5.74) is 3.93. The van der Waals surface area contributed by atoms with Gasteiger partial charge in [0.05, 0.1) is 6.61 Å². The molecule has 0 saturated heterocycles. The van der Waals surface area contributed by atoms with E-state index in [1.165, 1.54) is 16.7 Å². The van der Waals surface area contributed by atoms with Crippen LogP contribution in [0.3, 0.4) is 0 Å². The van der Waals surface area contributed by atoms with Gasteiger partial charge in [-0.1, -0.05) is 72.8 Å². The minimum absolute atomic E-state index is 0.703. The highest BCUT2D eigenvalue weighted by Gasteiger charge is 1.99. The summed E-state index contributed by atoms with van der Waals surface area (Å²) in [4.78, 5) is 0. The highest BCUT2D eigenvalue weighted by atomic mass is 16.5. The van der Waals surface area contributed by atoms with E-state index in [1.54, 1.807) is 0 Å². The molecule has 128 valence electrons. The molecule has 3 rings (SSSR count). The molecule has 0 amide bonds. The second-order valence-corrected chi connectivity index (χ2v) is 6.14. The summed E-state index contributed by atoms with van der Waals surface area (Å²) in [6.45, 7) is 2.54. The average molecular weight is 331 g/mol. The molecule has 1 N–H and O–H groups in total. The van der Waals surface area contributed by atoms with Crippen LogP contribution in [0.5, 0.6) is 5.75 Å². The maximum absolute atomic E-state index is 5.90. The second-order valence-electron chi connectivity index (χ2n) is 6.14. The lowest BCUT2D eigenvalue weighted by molar-refractivity contribution is 0.321. The van der Waals surface area contributed by atoms with Crippen LogP contribution in [0, 0.1) is 0 Å². The lowest BCUT2D eigenvalue weighted by atomic mass is 10.1. The molecule has 0 aromatic heterocycles. The summed E-state index contributed by atoms with van der Waals surface area (Å²) >= 11 is 0. The average Bonchev–Trinajstić information content (AvgIpc) is 2.67. The van der Waals surface area contributed by atoms with Gasteiger partial charge >= 0.3 is 0 Å². The third-order valence-electron chi connectivity index (χ3n) is 4.16. The van der Waals surface area contributed by atoms with Gasteiger partial charge in [0.2, 0.25) is 0 Å². The predicted molar refractivity (Wildman–Crippen MR) is 104 cm³/mol. The fraction of sp³-hybridized carbons (Fsp3) is 0.217. The van der Waals surface area contributed by atoms with Crippen LogP contribution in [-0.2, 0) is 19.4 Å². The number of nitrogens with one attached hydrogen (secondary N) is 1. The van der Waals surface area contributed by atoms with Gasteiger partial charge in [-0.2, -0.15) is 0 Å². The number of rotatable bonds is 9. The van der Waals surface area contributed by atoms with Gasteiger partial charge in [-0.3, -0.25) is 0 Å². The van der Waals surface area contributed by atoms with Crippen LogP contribution in [0.1, 0.15) is 16.7 Å². The van der Waals surface area contributed by atoms with Gasteiger partial charge < -0.3 is 10.1 Å². The fourth-order valence-corrected chi connectivity index (χ4v) is 2.79. The zero-order chi connectivity index (χ0) is 17.2. The standard InChI is InChI=1S/C23H25NO/c1-3-8-20(9-4-1)14-16-24-19-22-12-7-13-23(18-22)25-17-15-21-10-5-2-6-11-21/h1-13,18,24H,14-17,19H2. The molecule has 0 unspecified atom stereocenters. The van der Waals surface area contributed by atoms with Crippen LogP contribution in [-0.4, -0.2) is 13.2 Å². The lowest BCUT2D eigenvalue weighted by Crippen LogP contribution is -2.16. The van der Waals surface area contributed by atoms with E-state index in [-0.39, 0.29) is 0 Å². The molecule has 0 fully saturated rings. The Morgan fingerprint density at radius 2 is 1.28 bits per heavy atom. The number of hydrogen-bond acceptors (Lipinski definition) is 2. The van der Waals surface area contributed by atoms with E-state index in [4.69, 9.17) is 4.74 Å². The zero-order valence-electron chi connectivity index (χ0n) is 14.5. The Labute approximate surface area is 150 Å². The van der Waals surface area contributed by atoms with Crippen molar-refractivity contribution in [3.05, 3.63) is 102 Å². The van der Waals surface area contributed by atoms with E-state index in [2.05, 4.69) is 78.1 Å². The van der Waals surface area contributed by atoms with Gasteiger partial charge in [0.25, 0.3) is 0 Å². The summed E-state index contributed by atoms with van der Waals surface area (Å²) in [6.07, 6.45) is 1.98. The van der Waals surface area contributed by atoms with Crippen molar-refractivity contribution in [3.8, 4) is 5.75 Å². The Morgan fingerprint density at radius 1 is 0.640 bits per heavy atom. The molecule has 0 heterocycles. The topological polar surface area (TPSA) is 21.3 Å². The van der Waals surface area contributed by atoms with E-state index in [1.807, 2.05) is 12.1 Å². The first-order chi connectivity index (χ1) is 12.4. The summed E-state index contributed by atoms with van der Waals surface area (Å²) < 4.78 is 5.90. The normalized spacial score (nSPS) is 10.6. The molecule has 0 aliphatic rings. The Bertz CT molecular complexity index is 740. The molecule has 0 atom stereocenters. The van der Waals surface area contributed by atoms with Gasteiger partial charge in [-0.15, -0.1) is 0 Å². The number of benzene rings is 3. The Balaban J connectivity index is 1.40. The lowest BCUT2D eigenvalue weighted by Gasteiger charge is -2.09. The van der Waals surface area contributed by atoms with E-state index in [9.17, 15) is 0 Å². The van der Waals surface area contributed by atoms with Gasteiger partial charge in [0.15, 0.2) is 0 Å². The van der Waals surface area contributed by atoms with E-state index < -0.39 is 0 Å². The molecule has 0 radical (unpaired) electrons. The quantitative estimate of drug-likeness (QED) is 0.577. The Kier molecular flexibility index (Phi) is 6.66. The maximum Gasteiger partial charge on any atom is 0.119 e. The van der Waals surface area contributed by atoms with E-state index >= 15 is 0 Å². The van der Waals surface area contributed by atoms with Gasteiger partial charge in [0, 0.05) is 13.0 Å². The van der Waals surface area contributed by atoms with Crippen LogP contribution in [0.25, 0.3) is 0 Å². The number of ether oxygens (including phenoxy) is 1. The van der Waals surface area contributed by atoms with Crippen molar-refractivity contribution >= 4 is 0 Å². The van der Waals surface area contributed by atoms with Crippen LogP contribution in [0.15, 0.2) is 84.9 Å². The monoisotopic (exact) mass is 331 g/mol. The van der Waals surface area contributed by atoms with Crippen molar-refractivity contribution in [2.45, 2.75) is 19.4 Å². The molecule has 2 nitrogen and oxygen atoms in total. The largest absolute Gasteiger partial charge is 0.493 e. The SMILES string of the molecule is c1ccc(CCNCc2cccc(OCCc3ccccc3)c2)cc1. The third-order valence-corrected chi connectivity index (χ3v) is 4.16. The van der Waals surface area contributed by atoms with Gasteiger partial charge in [-0.05, 0) is 41.8 Å². The van der Waals surface area contributed by atoms with E-state index in [0.717, 1.165) is 31.7 Å². The molecule has 3 aromatic carbocycles. The molecule has 2 heteroatoms. The van der Waals surface area contributed by atoms with Crippen molar-refractivity contribution in [2.24, 2.45) is 0 Å². The molecule has 0 spiro atoms. The van der Waals surface area contributed by atoms with E-state index in [0.29, 0.717) is 6.61 Å². The molecule has 3 aromatic rings. The van der Waals surface area contributed by atoms with Crippen molar-refractivity contribution in [3.63, 3.8) is 0 Å². The van der Waals surface area contributed by atoms with Gasteiger partial charge in [-0.25, -0.2) is 0 Å². The molecular weight excluding hydrogens is 306 g/mol. The first-order valence-corrected chi connectivity index (χ1v) is 8.90. The summed E-state index contributed by atoms with van der Waals surface area (Å²) in [5, 5.41) is 3.50. The Morgan fingerprint density at radius 3 is 2.00 bits per heavy atom.